The maximum absolute atomic E-state index is 14.5. The number of hydrogen-bond donors (Lipinski definition) is 0. The Morgan fingerprint density at radius 2 is 1.50 bits per heavy atom. The average Bonchev–Trinajstić information content (AvgIpc) is 3.03. The summed E-state index contributed by atoms with van der Waals surface area (Å²) in [4.78, 5) is 34.0. The first kappa shape index (κ1) is 27.4. The van der Waals surface area contributed by atoms with E-state index in [1.54, 1.807) is 54.5 Å². The highest BCUT2D eigenvalue weighted by Crippen LogP contribution is 2.45. The number of para-hydroxylation sites is 1. The summed E-state index contributed by atoms with van der Waals surface area (Å²) in [5, 5.41) is 0. The van der Waals surface area contributed by atoms with Gasteiger partial charge in [0, 0.05) is 38.3 Å². The minimum absolute atomic E-state index is 0.0898. The predicted octanol–water partition coefficient (Wildman–Crippen LogP) is 5.80. The van der Waals surface area contributed by atoms with Crippen LogP contribution in [0.2, 0.25) is 0 Å². The van der Waals surface area contributed by atoms with Gasteiger partial charge in [0.15, 0.2) is 0 Å². The highest BCUT2D eigenvalue weighted by molar-refractivity contribution is 6.01. The summed E-state index contributed by atoms with van der Waals surface area (Å²) in [6, 6.07) is 26.8. The molecule has 0 radical (unpaired) electrons. The van der Waals surface area contributed by atoms with E-state index >= 15 is 0 Å². The molecule has 2 atom stereocenters. The molecule has 2 aliphatic rings. The lowest BCUT2D eigenvalue weighted by atomic mass is 9.78. The average molecular weight is 568 g/mol. The van der Waals surface area contributed by atoms with Gasteiger partial charge in [-0.1, -0.05) is 54.6 Å². The van der Waals surface area contributed by atoms with Gasteiger partial charge in [-0.2, -0.15) is 0 Å². The van der Waals surface area contributed by atoms with E-state index in [-0.39, 0.29) is 30.0 Å². The first-order chi connectivity index (χ1) is 20.4. The highest BCUT2D eigenvalue weighted by Gasteiger charge is 2.45. The molecule has 1 fully saturated rings. The second-order valence-corrected chi connectivity index (χ2v) is 10.6. The van der Waals surface area contributed by atoms with Gasteiger partial charge >= 0.3 is 0 Å². The SMILES string of the molecule is COc1ccc([C@@H]2[C@H](C(=O)N3CCN(c4ccccc4F)CC3)c3ccccc3C(=O)N2Cc2ccc(F)cc2)cc1. The first-order valence-electron chi connectivity index (χ1n) is 14.0. The van der Waals surface area contributed by atoms with Gasteiger partial charge in [0.2, 0.25) is 5.91 Å². The molecule has 4 aromatic rings. The Bertz CT molecular complexity index is 1580. The standard InChI is InChI=1S/C34H31F2N3O3/c1-42-26-16-12-24(13-17-26)32-31(34(41)38-20-18-37(19-21-38)30-9-5-4-8-29(30)36)27-6-2-3-7-28(27)33(40)39(32)22-23-10-14-25(35)15-11-23/h2-17,31-32H,18-22H2,1H3/t31-,32-/m1/s1. The van der Waals surface area contributed by atoms with Crippen molar-refractivity contribution in [2.24, 2.45) is 0 Å². The van der Waals surface area contributed by atoms with Crippen molar-refractivity contribution < 1.29 is 23.1 Å². The summed E-state index contributed by atoms with van der Waals surface area (Å²) in [5.74, 6) is -0.931. The maximum Gasteiger partial charge on any atom is 0.255 e. The molecule has 2 amide bonds. The minimum Gasteiger partial charge on any atom is -0.497 e. The third-order valence-electron chi connectivity index (χ3n) is 8.21. The van der Waals surface area contributed by atoms with Gasteiger partial charge in [0.25, 0.3) is 5.91 Å². The lowest BCUT2D eigenvalue weighted by molar-refractivity contribution is -0.135. The van der Waals surface area contributed by atoms with Crippen molar-refractivity contribution in [3.05, 3.63) is 131 Å². The molecule has 214 valence electrons. The molecule has 0 bridgehead atoms. The molecule has 6 nitrogen and oxygen atoms in total. The van der Waals surface area contributed by atoms with Crippen molar-refractivity contribution in [2.45, 2.75) is 18.5 Å². The number of halogens is 2. The number of carbonyl (C=O) groups is 2. The highest BCUT2D eigenvalue weighted by atomic mass is 19.1. The normalized spacial score (nSPS) is 18.5. The molecule has 4 aromatic carbocycles. The van der Waals surface area contributed by atoms with Crippen LogP contribution in [0, 0.1) is 11.6 Å². The number of anilines is 1. The second kappa shape index (κ2) is 11.6. The lowest BCUT2D eigenvalue weighted by Gasteiger charge is -2.45. The van der Waals surface area contributed by atoms with E-state index in [2.05, 4.69) is 0 Å². The van der Waals surface area contributed by atoms with Crippen LogP contribution in [0.25, 0.3) is 0 Å². The molecule has 1 saturated heterocycles. The summed E-state index contributed by atoms with van der Waals surface area (Å²) in [5.41, 5.74) is 3.24. The van der Waals surface area contributed by atoms with E-state index in [1.165, 1.54) is 18.2 Å². The van der Waals surface area contributed by atoms with Gasteiger partial charge < -0.3 is 19.4 Å². The van der Waals surface area contributed by atoms with E-state index in [4.69, 9.17) is 4.74 Å². The van der Waals surface area contributed by atoms with Gasteiger partial charge in [0.05, 0.1) is 24.8 Å². The fraction of sp³-hybridized carbons (Fsp3) is 0.235. The van der Waals surface area contributed by atoms with Crippen molar-refractivity contribution in [2.75, 3.05) is 38.2 Å². The molecule has 2 aliphatic heterocycles. The number of hydrogen-bond acceptors (Lipinski definition) is 4. The number of amides is 2. The number of methoxy groups -OCH3 is 1. The van der Waals surface area contributed by atoms with Crippen LogP contribution in [0.5, 0.6) is 5.75 Å². The molecule has 0 unspecified atom stereocenters. The molecule has 0 spiro atoms. The van der Waals surface area contributed by atoms with Crippen molar-refractivity contribution in [1.82, 2.24) is 9.80 Å². The van der Waals surface area contributed by atoms with Crippen LogP contribution >= 0.6 is 0 Å². The van der Waals surface area contributed by atoms with Crippen LogP contribution in [0.15, 0.2) is 97.1 Å². The first-order valence-corrected chi connectivity index (χ1v) is 14.0. The van der Waals surface area contributed by atoms with Crippen LogP contribution in [-0.2, 0) is 11.3 Å². The molecule has 6 rings (SSSR count). The number of fused-ring (bicyclic) bond motifs is 1. The quantitative estimate of drug-likeness (QED) is 0.296. The molecule has 2 heterocycles. The Morgan fingerprint density at radius 1 is 0.833 bits per heavy atom. The van der Waals surface area contributed by atoms with Crippen molar-refractivity contribution in [3.63, 3.8) is 0 Å². The van der Waals surface area contributed by atoms with Crippen LogP contribution in [0.3, 0.4) is 0 Å². The molecule has 42 heavy (non-hydrogen) atoms. The second-order valence-electron chi connectivity index (χ2n) is 10.6. The third-order valence-corrected chi connectivity index (χ3v) is 8.21. The Kier molecular flexibility index (Phi) is 7.61. The van der Waals surface area contributed by atoms with Gasteiger partial charge in [0.1, 0.15) is 17.4 Å². The lowest BCUT2D eigenvalue weighted by Crippen LogP contribution is -2.53. The van der Waals surface area contributed by atoms with Crippen LogP contribution in [0.1, 0.15) is 39.0 Å². The number of ether oxygens (including phenoxy) is 1. The third kappa shape index (κ3) is 5.20. The summed E-state index contributed by atoms with van der Waals surface area (Å²) in [6.45, 7) is 2.04. The zero-order valence-electron chi connectivity index (χ0n) is 23.3. The molecular weight excluding hydrogens is 536 g/mol. The fourth-order valence-electron chi connectivity index (χ4n) is 6.06. The molecular formula is C34H31F2N3O3. The molecule has 0 N–H and O–H groups in total. The van der Waals surface area contributed by atoms with Crippen molar-refractivity contribution >= 4 is 17.5 Å². The van der Waals surface area contributed by atoms with E-state index in [0.29, 0.717) is 48.7 Å². The van der Waals surface area contributed by atoms with Crippen molar-refractivity contribution in [1.29, 1.82) is 0 Å². The number of nitrogens with zero attached hydrogens (tertiary/aromatic N) is 3. The number of piperazine rings is 1. The number of carbonyl (C=O) groups excluding carboxylic acids is 2. The number of rotatable bonds is 6. The molecule has 0 saturated carbocycles. The zero-order chi connectivity index (χ0) is 29.2. The topological polar surface area (TPSA) is 53.1 Å². The summed E-state index contributed by atoms with van der Waals surface area (Å²) in [7, 11) is 1.59. The minimum atomic E-state index is -0.673. The fourth-order valence-corrected chi connectivity index (χ4v) is 6.06. The monoisotopic (exact) mass is 567 g/mol. The van der Waals surface area contributed by atoms with E-state index in [9.17, 15) is 18.4 Å². The summed E-state index contributed by atoms with van der Waals surface area (Å²) in [6.07, 6.45) is 0. The zero-order valence-corrected chi connectivity index (χ0v) is 23.3. The number of benzene rings is 4. The van der Waals surface area contributed by atoms with Gasteiger partial charge in [-0.3, -0.25) is 9.59 Å². The Morgan fingerprint density at radius 3 is 2.19 bits per heavy atom. The molecule has 0 aromatic heterocycles. The van der Waals surface area contributed by atoms with Crippen LogP contribution in [0.4, 0.5) is 14.5 Å². The Hall–Kier alpha value is -4.72. The summed E-state index contributed by atoms with van der Waals surface area (Å²) < 4.78 is 33.6. The molecule has 8 heteroatoms. The van der Waals surface area contributed by atoms with E-state index in [1.807, 2.05) is 46.2 Å². The Balaban J connectivity index is 1.38. The smallest absolute Gasteiger partial charge is 0.255 e. The molecule has 0 aliphatic carbocycles. The van der Waals surface area contributed by atoms with Crippen LogP contribution in [-0.4, -0.2) is 54.9 Å². The summed E-state index contributed by atoms with van der Waals surface area (Å²) >= 11 is 0. The maximum atomic E-state index is 14.5. The Labute approximate surface area is 243 Å². The predicted molar refractivity (Wildman–Crippen MR) is 156 cm³/mol. The van der Waals surface area contributed by atoms with E-state index < -0.39 is 12.0 Å². The largest absolute Gasteiger partial charge is 0.497 e. The van der Waals surface area contributed by atoms with Crippen LogP contribution < -0.4 is 9.64 Å². The van der Waals surface area contributed by atoms with Gasteiger partial charge in [-0.25, -0.2) is 8.78 Å². The van der Waals surface area contributed by atoms with Gasteiger partial charge in [-0.15, -0.1) is 0 Å². The van der Waals surface area contributed by atoms with Crippen molar-refractivity contribution in [3.8, 4) is 5.75 Å². The van der Waals surface area contributed by atoms with Gasteiger partial charge in [-0.05, 0) is 59.2 Å². The van der Waals surface area contributed by atoms with E-state index in [0.717, 1.165) is 11.1 Å².